The molecule has 0 aliphatic rings. The summed E-state index contributed by atoms with van der Waals surface area (Å²) < 4.78 is 0. The molecule has 2 heteroatoms. The zero-order valence-corrected chi connectivity index (χ0v) is 24.0. The van der Waals surface area contributed by atoms with Gasteiger partial charge in [0, 0.05) is 22.2 Å². The standard InChI is InChI=1S/C41H30N2/c1-28(34-24-14-22-31-19-12-13-23-36(31)34)35-25-26-37-38(32-17-8-4-9-18-32)27-39(33-20-10-5-11-21-33)43-41(37)40(35)42-29(2)30-15-6-3-7-16-30/h3-27H,1H2,2H3. The predicted molar refractivity (Wildman–Crippen MR) is 183 cm³/mol. The summed E-state index contributed by atoms with van der Waals surface area (Å²) in [6.07, 6.45) is 0. The maximum atomic E-state index is 5.35. The molecule has 6 aromatic carbocycles. The van der Waals surface area contributed by atoms with Crippen LogP contribution in [0.4, 0.5) is 5.69 Å². The van der Waals surface area contributed by atoms with Gasteiger partial charge in [-0.3, -0.25) is 4.99 Å². The Morgan fingerprint density at radius 2 is 1.21 bits per heavy atom. The van der Waals surface area contributed by atoms with E-state index >= 15 is 0 Å². The Bertz CT molecular complexity index is 2120. The van der Waals surface area contributed by atoms with Crippen molar-refractivity contribution in [2.45, 2.75) is 6.92 Å². The molecule has 0 aliphatic carbocycles. The molecular formula is C41H30N2. The second-order valence-electron chi connectivity index (χ2n) is 10.7. The van der Waals surface area contributed by atoms with Crippen molar-refractivity contribution >= 4 is 38.6 Å². The lowest BCUT2D eigenvalue weighted by Gasteiger charge is -2.17. The molecule has 2 nitrogen and oxygen atoms in total. The number of fused-ring (bicyclic) bond motifs is 2. The highest BCUT2D eigenvalue weighted by Gasteiger charge is 2.19. The Kier molecular flexibility index (Phi) is 6.94. The van der Waals surface area contributed by atoms with E-state index in [1.165, 1.54) is 10.8 Å². The number of benzene rings is 6. The average Bonchev–Trinajstić information content (AvgIpc) is 3.08. The highest BCUT2D eigenvalue weighted by Crippen LogP contribution is 2.42. The van der Waals surface area contributed by atoms with E-state index < -0.39 is 0 Å². The van der Waals surface area contributed by atoms with Crippen LogP contribution in [0.2, 0.25) is 0 Å². The van der Waals surface area contributed by atoms with Crippen molar-refractivity contribution < 1.29 is 0 Å². The molecule has 1 aromatic heterocycles. The molecule has 0 spiro atoms. The number of rotatable bonds is 6. The third-order valence-electron chi connectivity index (χ3n) is 8.02. The maximum Gasteiger partial charge on any atom is 0.0978 e. The minimum absolute atomic E-state index is 0.826. The lowest BCUT2D eigenvalue weighted by atomic mass is 9.90. The molecule has 0 N–H and O–H groups in total. The van der Waals surface area contributed by atoms with E-state index in [2.05, 4.69) is 141 Å². The number of aromatic nitrogens is 1. The summed E-state index contributed by atoms with van der Waals surface area (Å²) in [5.74, 6) is 0. The monoisotopic (exact) mass is 550 g/mol. The Morgan fingerprint density at radius 1 is 0.581 bits per heavy atom. The second-order valence-corrected chi connectivity index (χ2v) is 10.7. The van der Waals surface area contributed by atoms with Crippen molar-refractivity contribution in [3.8, 4) is 22.4 Å². The van der Waals surface area contributed by atoms with Gasteiger partial charge in [-0.25, -0.2) is 4.98 Å². The Balaban J connectivity index is 1.55. The molecule has 43 heavy (non-hydrogen) atoms. The topological polar surface area (TPSA) is 25.2 Å². The quantitative estimate of drug-likeness (QED) is 0.189. The van der Waals surface area contributed by atoms with Crippen molar-refractivity contribution in [2.75, 3.05) is 0 Å². The van der Waals surface area contributed by atoms with Crippen molar-refractivity contribution in [3.05, 3.63) is 175 Å². The van der Waals surface area contributed by atoms with Gasteiger partial charge in [0.2, 0.25) is 0 Å². The smallest absolute Gasteiger partial charge is 0.0978 e. The largest absolute Gasteiger partial charge is 0.250 e. The van der Waals surface area contributed by atoms with E-state index in [0.29, 0.717) is 0 Å². The fraction of sp³-hybridized carbons (Fsp3) is 0.0244. The molecule has 0 atom stereocenters. The number of hydrogen-bond acceptors (Lipinski definition) is 2. The zero-order chi connectivity index (χ0) is 29.2. The molecular weight excluding hydrogens is 520 g/mol. The van der Waals surface area contributed by atoms with Crippen molar-refractivity contribution in [1.29, 1.82) is 0 Å². The summed E-state index contributed by atoms with van der Waals surface area (Å²) in [5.41, 5.74) is 10.9. The van der Waals surface area contributed by atoms with Crippen molar-refractivity contribution in [3.63, 3.8) is 0 Å². The van der Waals surface area contributed by atoms with E-state index in [4.69, 9.17) is 9.98 Å². The summed E-state index contributed by atoms with van der Waals surface area (Å²) >= 11 is 0. The van der Waals surface area contributed by atoms with Crippen LogP contribution >= 0.6 is 0 Å². The summed E-state index contributed by atoms with van der Waals surface area (Å²) in [6.45, 7) is 6.72. The Hall–Kier alpha value is -5.60. The normalized spacial score (nSPS) is 11.6. The van der Waals surface area contributed by atoms with Crippen molar-refractivity contribution in [2.24, 2.45) is 4.99 Å². The molecule has 0 bridgehead atoms. The lowest BCUT2D eigenvalue weighted by molar-refractivity contribution is 1.37. The van der Waals surface area contributed by atoms with E-state index in [9.17, 15) is 0 Å². The molecule has 0 saturated heterocycles. The Morgan fingerprint density at radius 3 is 1.95 bits per heavy atom. The maximum absolute atomic E-state index is 5.35. The van der Waals surface area contributed by atoms with Crippen LogP contribution in [-0.4, -0.2) is 10.7 Å². The average molecular weight is 551 g/mol. The van der Waals surface area contributed by atoms with Gasteiger partial charge < -0.3 is 0 Å². The second kappa shape index (κ2) is 11.3. The lowest BCUT2D eigenvalue weighted by Crippen LogP contribution is -1.98. The minimum Gasteiger partial charge on any atom is -0.250 e. The van der Waals surface area contributed by atoms with Gasteiger partial charge in [0.25, 0.3) is 0 Å². The summed E-state index contributed by atoms with van der Waals surface area (Å²) in [5, 5.41) is 3.41. The summed E-state index contributed by atoms with van der Waals surface area (Å²) in [7, 11) is 0. The van der Waals surface area contributed by atoms with Gasteiger partial charge in [-0.05, 0) is 51.6 Å². The van der Waals surface area contributed by atoms with Gasteiger partial charge in [0.15, 0.2) is 0 Å². The van der Waals surface area contributed by atoms with Gasteiger partial charge >= 0.3 is 0 Å². The number of nitrogens with zero attached hydrogens (tertiary/aromatic N) is 2. The molecule has 0 amide bonds. The van der Waals surface area contributed by atoms with E-state index in [1.807, 2.05) is 24.3 Å². The number of aliphatic imine (C=N–C) groups is 1. The molecule has 0 unspecified atom stereocenters. The highest BCUT2D eigenvalue weighted by atomic mass is 14.8. The van der Waals surface area contributed by atoms with E-state index in [0.717, 1.165) is 66.9 Å². The molecule has 1 heterocycles. The minimum atomic E-state index is 0.826. The third-order valence-corrected chi connectivity index (χ3v) is 8.02. The van der Waals surface area contributed by atoms with Gasteiger partial charge in [-0.1, -0.05) is 152 Å². The molecule has 204 valence electrons. The van der Waals surface area contributed by atoms with Crippen LogP contribution in [0, 0.1) is 0 Å². The first-order valence-electron chi connectivity index (χ1n) is 14.5. The summed E-state index contributed by atoms with van der Waals surface area (Å²) in [6, 6.07) is 52.6. The SMILES string of the molecule is C=C(c1ccc2c(-c3ccccc3)cc(-c3ccccc3)nc2c1N=C(C)c1ccccc1)c1cccc2ccccc12. The van der Waals surface area contributed by atoms with Gasteiger partial charge in [0.1, 0.15) is 0 Å². The first-order valence-corrected chi connectivity index (χ1v) is 14.5. The molecule has 0 aliphatic heterocycles. The molecule has 7 rings (SSSR count). The third kappa shape index (κ3) is 5.05. The predicted octanol–water partition coefficient (Wildman–Crippen LogP) is 10.9. The van der Waals surface area contributed by atoms with Gasteiger partial charge in [0.05, 0.1) is 16.9 Å². The van der Waals surface area contributed by atoms with Crippen LogP contribution in [0.5, 0.6) is 0 Å². The van der Waals surface area contributed by atoms with Crippen LogP contribution in [0.1, 0.15) is 23.6 Å². The first-order chi connectivity index (χ1) is 21.2. The fourth-order valence-corrected chi connectivity index (χ4v) is 5.79. The van der Waals surface area contributed by atoms with Gasteiger partial charge in [-0.2, -0.15) is 0 Å². The van der Waals surface area contributed by atoms with Gasteiger partial charge in [-0.15, -0.1) is 0 Å². The van der Waals surface area contributed by atoms with Crippen LogP contribution in [0.3, 0.4) is 0 Å². The fourth-order valence-electron chi connectivity index (χ4n) is 5.79. The highest BCUT2D eigenvalue weighted by molar-refractivity contribution is 6.10. The molecule has 0 saturated carbocycles. The number of pyridine rings is 1. The zero-order valence-electron chi connectivity index (χ0n) is 24.0. The Labute approximate surface area is 252 Å². The van der Waals surface area contributed by atoms with Crippen LogP contribution < -0.4 is 0 Å². The van der Waals surface area contributed by atoms with E-state index in [1.54, 1.807) is 0 Å². The first kappa shape index (κ1) is 26.3. The van der Waals surface area contributed by atoms with Crippen molar-refractivity contribution in [1.82, 2.24) is 4.98 Å². The van der Waals surface area contributed by atoms with Crippen LogP contribution in [0.25, 0.3) is 49.6 Å². The molecule has 0 radical (unpaired) electrons. The van der Waals surface area contributed by atoms with Crippen LogP contribution in [-0.2, 0) is 0 Å². The molecule has 7 aromatic rings. The number of hydrogen-bond donors (Lipinski definition) is 0. The molecule has 0 fully saturated rings. The van der Waals surface area contributed by atoms with Crippen LogP contribution in [0.15, 0.2) is 163 Å². The summed E-state index contributed by atoms with van der Waals surface area (Å²) in [4.78, 5) is 10.7. The van der Waals surface area contributed by atoms with E-state index in [-0.39, 0.29) is 0 Å².